The van der Waals surface area contributed by atoms with E-state index in [0.717, 1.165) is 44.5 Å². The van der Waals surface area contributed by atoms with Crippen LogP contribution >= 0.6 is 0 Å². The standard InChI is InChI=1S/C18H27N5O/c1-22(12-15-5-3-2-4-6-15)13-16-7-9-23(10-8-16)14-17-20-18(11-19)24-21-17/h2-6,16H,7-14,19H2,1H3. The number of piperidine rings is 1. The molecule has 0 spiro atoms. The maximum absolute atomic E-state index is 5.50. The Morgan fingerprint density at radius 2 is 2.00 bits per heavy atom. The van der Waals surface area contributed by atoms with Gasteiger partial charge in [-0.2, -0.15) is 4.98 Å². The summed E-state index contributed by atoms with van der Waals surface area (Å²) < 4.78 is 5.07. The summed E-state index contributed by atoms with van der Waals surface area (Å²) in [5, 5.41) is 3.98. The predicted octanol–water partition coefficient (Wildman–Crippen LogP) is 1.87. The molecule has 6 heteroatoms. The molecular weight excluding hydrogens is 302 g/mol. The number of rotatable bonds is 7. The number of hydrogen-bond acceptors (Lipinski definition) is 6. The summed E-state index contributed by atoms with van der Waals surface area (Å²) in [6.07, 6.45) is 2.45. The number of benzene rings is 1. The summed E-state index contributed by atoms with van der Waals surface area (Å²) in [4.78, 5) is 9.12. The molecular formula is C18H27N5O. The third-order valence-electron chi connectivity index (χ3n) is 4.62. The van der Waals surface area contributed by atoms with Crippen LogP contribution in [0.3, 0.4) is 0 Å². The van der Waals surface area contributed by atoms with Crippen LogP contribution in [-0.4, -0.2) is 46.6 Å². The Kier molecular flexibility index (Phi) is 5.96. The molecule has 1 aliphatic rings. The fourth-order valence-corrected chi connectivity index (χ4v) is 3.36. The monoisotopic (exact) mass is 329 g/mol. The number of aromatic nitrogens is 2. The van der Waals surface area contributed by atoms with Gasteiger partial charge in [-0.15, -0.1) is 0 Å². The average molecular weight is 329 g/mol. The SMILES string of the molecule is CN(Cc1ccccc1)CC1CCN(Cc2noc(CN)n2)CC1. The van der Waals surface area contributed by atoms with Gasteiger partial charge in [0, 0.05) is 13.1 Å². The normalized spacial score (nSPS) is 16.8. The lowest BCUT2D eigenvalue weighted by molar-refractivity contribution is 0.144. The van der Waals surface area contributed by atoms with E-state index in [4.69, 9.17) is 10.3 Å². The van der Waals surface area contributed by atoms with Crippen LogP contribution in [0.4, 0.5) is 0 Å². The van der Waals surface area contributed by atoms with E-state index in [9.17, 15) is 0 Å². The van der Waals surface area contributed by atoms with E-state index in [-0.39, 0.29) is 0 Å². The van der Waals surface area contributed by atoms with E-state index >= 15 is 0 Å². The van der Waals surface area contributed by atoms with Gasteiger partial charge in [-0.05, 0) is 44.5 Å². The van der Waals surface area contributed by atoms with Crippen molar-refractivity contribution in [1.29, 1.82) is 0 Å². The Morgan fingerprint density at radius 1 is 1.25 bits per heavy atom. The summed E-state index contributed by atoms with van der Waals surface area (Å²) in [5.74, 6) is 2.03. The fourth-order valence-electron chi connectivity index (χ4n) is 3.36. The topological polar surface area (TPSA) is 71.4 Å². The maximum atomic E-state index is 5.50. The predicted molar refractivity (Wildman–Crippen MR) is 93.0 cm³/mol. The quantitative estimate of drug-likeness (QED) is 0.836. The Labute approximate surface area is 143 Å². The Bertz CT molecular complexity index is 607. The summed E-state index contributed by atoms with van der Waals surface area (Å²) in [6.45, 7) is 5.43. The molecule has 6 nitrogen and oxygen atoms in total. The summed E-state index contributed by atoms with van der Waals surface area (Å²) in [7, 11) is 2.22. The summed E-state index contributed by atoms with van der Waals surface area (Å²) in [5.41, 5.74) is 6.88. The van der Waals surface area contributed by atoms with Gasteiger partial charge in [0.2, 0.25) is 5.89 Å². The van der Waals surface area contributed by atoms with Crippen LogP contribution in [0.1, 0.15) is 30.1 Å². The van der Waals surface area contributed by atoms with E-state index in [2.05, 4.69) is 57.3 Å². The average Bonchev–Trinajstić information content (AvgIpc) is 3.05. The van der Waals surface area contributed by atoms with Crippen LogP contribution in [-0.2, 0) is 19.6 Å². The first-order valence-corrected chi connectivity index (χ1v) is 8.69. The van der Waals surface area contributed by atoms with Crippen LogP contribution in [0.25, 0.3) is 0 Å². The molecule has 2 N–H and O–H groups in total. The van der Waals surface area contributed by atoms with Crippen LogP contribution in [0.5, 0.6) is 0 Å². The lowest BCUT2D eigenvalue weighted by Gasteiger charge is -2.33. The van der Waals surface area contributed by atoms with Gasteiger partial charge in [-0.1, -0.05) is 35.5 Å². The van der Waals surface area contributed by atoms with Crippen molar-refractivity contribution in [3.8, 4) is 0 Å². The van der Waals surface area contributed by atoms with Crippen molar-refractivity contribution in [2.75, 3.05) is 26.7 Å². The highest BCUT2D eigenvalue weighted by Gasteiger charge is 2.21. The van der Waals surface area contributed by atoms with Gasteiger partial charge >= 0.3 is 0 Å². The largest absolute Gasteiger partial charge is 0.338 e. The zero-order valence-corrected chi connectivity index (χ0v) is 14.4. The van der Waals surface area contributed by atoms with Gasteiger partial charge in [-0.3, -0.25) is 4.90 Å². The van der Waals surface area contributed by atoms with Crippen molar-refractivity contribution < 1.29 is 4.52 Å². The summed E-state index contributed by atoms with van der Waals surface area (Å²) >= 11 is 0. The van der Waals surface area contributed by atoms with Crippen LogP contribution in [0.15, 0.2) is 34.9 Å². The van der Waals surface area contributed by atoms with Crippen LogP contribution in [0.2, 0.25) is 0 Å². The fraction of sp³-hybridized carbons (Fsp3) is 0.556. The Morgan fingerprint density at radius 3 is 2.67 bits per heavy atom. The molecule has 0 saturated carbocycles. The number of likely N-dealkylation sites (tertiary alicyclic amines) is 1. The number of hydrogen-bond donors (Lipinski definition) is 1. The first-order valence-electron chi connectivity index (χ1n) is 8.69. The highest BCUT2D eigenvalue weighted by Crippen LogP contribution is 2.20. The first-order chi connectivity index (χ1) is 11.7. The molecule has 1 aromatic heterocycles. The molecule has 0 atom stereocenters. The summed E-state index contributed by atoms with van der Waals surface area (Å²) in [6, 6.07) is 10.7. The first kappa shape index (κ1) is 17.1. The Balaban J connectivity index is 1.40. The Hall–Kier alpha value is -1.76. The van der Waals surface area contributed by atoms with Gasteiger partial charge in [0.15, 0.2) is 5.82 Å². The van der Waals surface area contributed by atoms with Crippen LogP contribution in [0, 0.1) is 5.92 Å². The smallest absolute Gasteiger partial charge is 0.240 e. The van der Waals surface area contributed by atoms with E-state index in [0.29, 0.717) is 12.4 Å². The third-order valence-corrected chi connectivity index (χ3v) is 4.62. The zero-order chi connectivity index (χ0) is 16.8. The van der Waals surface area contributed by atoms with Gasteiger partial charge in [0.25, 0.3) is 0 Å². The van der Waals surface area contributed by atoms with Gasteiger partial charge in [-0.25, -0.2) is 0 Å². The van der Waals surface area contributed by atoms with Gasteiger partial charge < -0.3 is 15.2 Å². The molecule has 2 heterocycles. The van der Waals surface area contributed by atoms with E-state index in [1.54, 1.807) is 0 Å². The number of nitrogens with zero attached hydrogens (tertiary/aromatic N) is 4. The maximum Gasteiger partial charge on any atom is 0.240 e. The van der Waals surface area contributed by atoms with Crippen molar-refractivity contribution in [2.24, 2.45) is 11.7 Å². The van der Waals surface area contributed by atoms with Crippen molar-refractivity contribution in [3.05, 3.63) is 47.6 Å². The lowest BCUT2D eigenvalue weighted by atomic mass is 9.96. The van der Waals surface area contributed by atoms with E-state index in [1.165, 1.54) is 18.4 Å². The molecule has 1 saturated heterocycles. The minimum atomic E-state index is 0.308. The van der Waals surface area contributed by atoms with Gasteiger partial charge in [0.05, 0.1) is 13.1 Å². The second kappa shape index (κ2) is 8.37. The van der Waals surface area contributed by atoms with Crippen molar-refractivity contribution >= 4 is 0 Å². The minimum Gasteiger partial charge on any atom is -0.338 e. The molecule has 130 valence electrons. The number of nitrogens with two attached hydrogens (primary N) is 1. The molecule has 1 fully saturated rings. The second-order valence-electron chi connectivity index (χ2n) is 6.71. The highest BCUT2D eigenvalue weighted by atomic mass is 16.5. The third kappa shape index (κ3) is 4.87. The second-order valence-corrected chi connectivity index (χ2v) is 6.71. The van der Waals surface area contributed by atoms with Crippen LogP contribution < -0.4 is 5.73 Å². The molecule has 1 aliphatic heterocycles. The highest BCUT2D eigenvalue weighted by molar-refractivity contribution is 5.14. The van der Waals surface area contributed by atoms with E-state index in [1.807, 2.05) is 0 Å². The van der Waals surface area contributed by atoms with Crippen molar-refractivity contribution in [3.63, 3.8) is 0 Å². The van der Waals surface area contributed by atoms with Gasteiger partial charge in [0.1, 0.15) is 0 Å². The van der Waals surface area contributed by atoms with Crippen molar-refractivity contribution in [2.45, 2.75) is 32.5 Å². The molecule has 0 aliphatic carbocycles. The molecule has 0 amide bonds. The van der Waals surface area contributed by atoms with Crippen molar-refractivity contribution in [1.82, 2.24) is 19.9 Å². The molecule has 2 aromatic rings. The van der Waals surface area contributed by atoms with E-state index < -0.39 is 0 Å². The lowest BCUT2D eigenvalue weighted by Crippen LogP contribution is -2.37. The minimum absolute atomic E-state index is 0.308. The molecule has 0 bridgehead atoms. The molecule has 0 unspecified atom stereocenters. The molecule has 24 heavy (non-hydrogen) atoms. The molecule has 1 aromatic carbocycles. The molecule has 3 rings (SSSR count). The molecule has 0 radical (unpaired) electrons. The zero-order valence-electron chi connectivity index (χ0n) is 14.4.